The highest BCUT2D eigenvalue weighted by Crippen LogP contribution is 2.33. The van der Waals surface area contributed by atoms with Gasteiger partial charge >= 0.3 is 6.03 Å². The lowest BCUT2D eigenvalue weighted by atomic mass is 9.82. The lowest BCUT2D eigenvalue weighted by molar-refractivity contribution is -0.140. The summed E-state index contributed by atoms with van der Waals surface area (Å²) in [6.07, 6.45) is 8.77. The molecule has 2 aliphatic heterocycles. The first kappa shape index (κ1) is 22.5. The number of hydrogen-bond acceptors (Lipinski definition) is 5. The average molecular weight is 422 g/mol. The number of unbranched alkanes of at least 4 members (excludes halogenated alkanes) is 2. The van der Waals surface area contributed by atoms with Crippen molar-refractivity contribution in [3.05, 3.63) is 0 Å². The molecular weight excluding hydrogens is 386 g/mol. The number of carbonyl (C=O) groups excluding carboxylic acids is 4. The van der Waals surface area contributed by atoms with Gasteiger partial charge in [0.15, 0.2) is 0 Å². The van der Waals surface area contributed by atoms with Crippen LogP contribution >= 0.6 is 0 Å². The normalized spacial score (nSPS) is 22.2. The summed E-state index contributed by atoms with van der Waals surface area (Å²) in [6.45, 7) is 4.25. The predicted octanol–water partition coefficient (Wildman–Crippen LogP) is 1.29. The second-order valence-corrected chi connectivity index (χ2v) is 8.80. The molecule has 1 saturated carbocycles. The van der Waals surface area contributed by atoms with E-state index in [1.165, 1.54) is 0 Å². The maximum absolute atomic E-state index is 12.7. The highest BCUT2D eigenvalue weighted by molar-refractivity contribution is 6.08. The number of carbonyl (C=O) groups is 4. The molecule has 5 amide bonds. The van der Waals surface area contributed by atoms with E-state index in [-0.39, 0.29) is 30.2 Å². The zero-order valence-corrected chi connectivity index (χ0v) is 18.0. The SMILES string of the molecule is CCCCCNC(=O)C1CCN(CC(=O)NN2C(=O)NC3(CCCCC3)C2=O)CC1. The second kappa shape index (κ2) is 10.2. The molecule has 1 aliphatic carbocycles. The summed E-state index contributed by atoms with van der Waals surface area (Å²) >= 11 is 0. The maximum Gasteiger partial charge on any atom is 0.344 e. The van der Waals surface area contributed by atoms with Crippen LogP contribution in [-0.2, 0) is 14.4 Å². The minimum Gasteiger partial charge on any atom is -0.356 e. The zero-order chi connectivity index (χ0) is 21.6. The van der Waals surface area contributed by atoms with E-state index in [4.69, 9.17) is 0 Å². The first-order valence-electron chi connectivity index (χ1n) is 11.4. The Kier molecular flexibility index (Phi) is 7.69. The summed E-state index contributed by atoms with van der Waals surface area (Å²) in [7, 11) is 0. The standard InChI is InChI=1S/C21H35N5O4/c1-2-3-7-12-22-18(28)16-8-13-25(14-9-16)15-17(27)24-26-19(29)21(23-20(26)30)10-5-4-6-11-21/h16H,2-15H2,1H3,(H,22,28)(H,23,30)(H,24,27). The molecule has 9 heteroatoms. The van der Waals surface area contributed by atoms with E-state index >= 15 is 0 Å². The summed E-state index contributed by atoms with van der Waals surface area (Å²) < 4.78 is 0. The fourth-order valence-corrected chi connectivity index (χ4v) is 4.66. The van der Waals surface area contributed by atoms with Crippen LogP contribution in [0, 0.1) is 5.92 Å². The third kappa shape index (κ3) is 5.30. The summed E-state index contributed by atoms with van der Waals surface area (Å²) in [5, 5.41) is 6.64. The average Bonchev–Trinajstić information content (AvgIpc) is 2.96. The van der Waals surface area contributed by atoms with Gasteiger partial charge in [-0.2, -0.15) is 5.01 Å². The number of piperidine rings is 1. The Morgan fingerprint density at radius 3 is 2.47 bits per heavy atom. The van der Waals surface area contributed by atoms with Crippen molar-refractivity contribution in [3.8, 4) is 0 Å². The molecular formula is C21H35N5O4. The number of likely N-dealkylation sites (tertiary alicyclic amines) is 1. The van der Waals surface area contributed by atoms with Crippen LogP contribution in [0.4, 0.5) is 4.79 Å². The summed E-state index contributed by atoms with van der Waals surface area (Å²) in [4.78, 5) is 51.6. The highest BCUT2D eigenvalue weighted by atomic mass is 16.2. The van der Waals surface area contributed by atoms with Crippen molar-refractivity contribution >= 4 is 23.8 Å². The Morgan fingerprint density at radius 2 is 1.80 bits per heavy atom. The number of hydrazine groups is 1. The molecule has 30 heavy (non-hydrogen) atoms. The van der Waals surface area contributed by atoms with E-state index in [0.717, 1.165) is 50.1 Å². The maximum atomic E-state index is 12.7. The van der Waals surface area contributed by atoms with Crippen LogP contribution in [0.5, 0.6) is 0 Å². The van der Waals surface area contributed by atoms with E-state index < -0.39 is 11.6 Å². The fourth-order valence-electron chi connectivity index (χ4n) is 4.66. The molecule has 2 saturated heterocycles. The monoisotopic (exact) mass is 421 g/mol. The quantitative estimate of drug-likeness (QED) is 0.404. The van der Waals surface area contributed by atoms with Gasteiger partial charge in [-0.15, -0.1) is 0 Å². The topological polar surface area (TPSA) is 111 Å². The van der Waals surface area contributed by atoms with Crippen molar-refractivity contribution < 1.29 is 19.2 Å². The van der Waals surface area contributed by atoms with Gasteiger partial charge in [0.1, 0.15) is 5.54 Å². The van der Waals surface area contributed by atoms with Crippen LogP contribution < -0.4 is 16.1 Å². The molecule has 0 bridgehead atoms. The molecule has 3 rings (SSSR count). The number of hydrogen-bond donors (Lipinski definition) is 3. The molecule has 0 radical (unpaired) electrons. The minimum atomic E-state index is -0.842. The number of amides is 5. The van der Waals surface area contributed by atoms with Gasteiger partial charge in [0.05, 0.1) is 6.54 Å². The Hall–Kier alpha value is -2.16. The molecule has 0 atom stereocenters. The summed E-state index contributed by atoms with van der Waals surface area (Å²) in [5.74, 6) is -0.636. The number of nitrogens with one attached hydrogen (secondary N) is 3. The van der Waals surface area contributed by atoms with Crippen LogP contribution in [0.25, 0.3) is 0 Å². The van der Waals surface area contributed by atoms with Gasteiger partial charge in [-0.1, -0.05) is 39.0 Å². The predicted molar refractivity (Wildman–Crippen MR) is 111 cm³/mol. The summed E-state index contributed by atoms with van der Waals surface area (Å²) in [6, 6.07) is -0.547. The smallest absolute Gasteiger partial charge is 0.344 e. The van der Waals surface area contributed by atoms with Crippen molar-refractivity contribution in [2.45, 2.75) is 76.7 Å². The Labute approximate surface area is 178 Å². The minimum absolute atomic E-state index is 0.0111. The van der Waals surface area contributed by atoms with Gasteiger partial charge in [0, 0.05) is 12.5 Å². The zero-order valence-electron chi connectivity index (χ0n) is 18.0. The Bertz CT molecular complexity index is 654. The van der Waals surface area contributed by atoms with Gasteiger partial charge in [-0.25, -0.2) is 4.79 Å². The van der Waals surface area contributed by atoms with Gasteiger partial charge in [-0.05, 0) is 45.2 Å². The Balaban J connectivity index is 1.40. The number of urea groups is 1. The first-order valence-corrected chi connectivity index (χ1v) is 11.4. The fraction of sp³-hybridized carbons (Fsp3) is 0.810. The number of imide groups is 1. The van der Waals surface area contributed by atoms with Gasteiger partial charge < -0.3 is 10.6 Å². The summed E-state index contributed by atoms with van der Waals surface area (Å²) in [5.41, 5.74) is 1.64. The Morgan fingerprint density at radius 1 is 1.10 bits per heavy atom. The van der Waals surface area contributed by atoms with E-state index in [1.54, 1.807) is 0 Å². The molecule has 0 aromatic rings. The molecule has 3 N–H and O–H groups in total. The molecule has 1 spiro atoms. The van der Waals surface area contributed by atoms with Crippen molar-refractivity contribution in [3.63, 3.8) is 0 Å². The molecule has 2 heterocycles. The van der Waals surface area contributed by atoms with E-state index in [1.807, 2.05) is 4.90 Å². The number of rotatable bonds is 8. The third-order valence-electron chi connectivity index (χ3n) is 6.51. The van der Waals surface area contributed by atoms with Gasteiger partial charge in [-0.3, -0.25) is 24.7 Å². The molecule has 3 fully saturated rings. The second-order valence-electron chi connectivity index (χ2n) is 8.80. The van der Waals surface area contributed by atoms with Crippen LogP contribution in [0.2, 0.25) is 0 Å². The van der Waals surface area contributed by atoms with E-state index in [2.05, 4.69) is 23.0 Å². The highest BCUT2D eigenvalue weighted by Gasteiger charge is 2.52. The van der Waals surface area contributed by atoms with Crippen molar-refractivity contribution in [2.75, 3.05) is 26.2 Å². The molecule has 3 aliphatic rings. The van der Waals surface area contributed by atoms with Crippen molar-refractivity contribution in [2.24, 2.45) is 5.92 Å². The van der Waals surface area contributed by atoms with Crippen molar-refractivity contribution in [1.82, 2.24) is 26.0 Å². The van der Waals surface area contributed by atoms with Crippen LogP contribution in [0.15, 0.2) is 0 Å². The third-order valence-corrected chi connectivity index (χ3v) is 6.51. The number of nitrogens with zero attached hydrogens (tertiary/aromatic N) is 2. The van der Waals surface area contributed by atoms with E-state index in [9.17, 15) is 19.2 Å². The molecule has 0 aromatic carbocycles. The van der Waals surface area contributed by atoms with Crippen LogP contribution in [-0.4, -0.2) is 65.4 Å². The molecule has 0 aromatic heterocycles. The van der Waals surface area contributed by atoms with Gasteiger partial charge in [0.25, 0.3) is 11.8 Å². The molecule has 168 valence electrons. The lowest BCUT2D eigenvalue weighted by Gasteiger charge is -2.31. The van der Waals surface area contributed by atoms with Crippen molar-refractivity contribution in [1.29, 1.82) is 0 Å². The lowest BCUT2D eigenvalue weighted by Crippen LogP contribution is -2.53. The van der Waals surface area contributed by atoms with E-state index in [0.29, 0.717) is 38.8 Å². The first-order chi connectivity index (χ1) is 14.4. The van der Waals surface area contributed by atoms with Gasteiger partial charge in [0.2, 0.25) is 5.91 Å². The molecule has 9 nitrogen and oxygen atoms in total. The van der Waals surface area contributed by atoms with Crippen LogP contribution in [0.1, 0.15) is 71.1 Å². The van der Waals surface area contributed by atoms with Crippen LogP contribution in [0.3, 0.4) is 0 Å². The molecule has 0 unspecified atom stereocenters. The largest absolute Gasteiger partial charge is 0.356 e.